The molecule has 0 saturated carbocycles. The molecule has 3 heteroatoms. The van der Waals surface area contributed by atoms with Gasteiger partial charge in [0.1, 0.15) is 11.5 Å². The predicted octanol–water partition coefficient (Wildman–Crippen LogP) is 3.86. The number of furan rings is 1. The molecular formula is C16H18O3. The summed E-state index contributed by atoms with van der Waals surface area (Å²) in [4.78, 5) is 11.2. The van der Waals surface area contributed by atoms with Gasteiger partial charge in [0.05, 0.1) is 6.10 Å². The van der Waals surface area contributed by atoms with Gasteiger partial charge in [-0.05, 0) is 32.0 Å². The Bertz CT molecular complexity index is 567. The molecule has 0 N–H and O–H groups in total. The number of rotatable bonds is 5. The van der Waals surface area contributed by atoms with Gasteiger partial charge in [0.25, 0.3) is 0 Å². The molecule has 19 heavy (non-hydrogen) atoms. The number of carbonyl (C=O) groups is 1. The lowest BCUT2D eigenvalue weighted by Gasteiger charge is -2.13. The van der Waals surface area contributed by atoms with Gasteiger partial charge in [-0.2, -0.15) is 0 Å². The van der Waals surface area contributed by atoms with Gasteiger partial charge >= 0.3 is 0 Å². The smallest absolute Gasteiger partial charge is 0.194 e. The fourth-order valence-electron chi connectivity index (χ4n) is 1.87. The van der Waals surface area contributed by atoms with E-state index in [1.54, 1.807) is 6.07 Å². The molecule has 0 fully saturated rings. The van der Waals surface area contributed by atoms with Gasteiger partial charge in [0.15, 0.2) is 11.5 Å². The summed E-state index contributed by atoms with van der Waals surface area (Å²) in [7, 11) is 0. The van der Waals surface area contributed by atoms with E-state index in [-0.39, 0.29) is 11.9 Å². The minimum absolute atomic E-state index is 0.0574. The van der Waals surface area contributed by atoms with Gasteiger partial charge in [-0.3, -0.25) is 4.79 Å². The number of hydrogen-bond acceptors (Lipinski definition) is 3. The highest BCUT2D eigenvalue weighted by atomic mass is 16.5. The third-order valence-electron chi connectivity index (χ3n) is 2.71. The van der Waals surface area contributed by atoms with Crippen molar-refractivity contribution in [3.63, 3.8) is 0 Å². The van der Waals surface area contributed by atoms with Crippen molar-refractivity contribution in [3.05, 3.63) is 53.5 Å². The Balaban J connectivity index is 2.20. The van der Waals surface area contributed by atoms with Crippen LogP contribution in [0.1, 0.15) is 42.6 Å². The average molecular weight is 258 g/mol. The van der Waals surface area contributed by atoms with Gasteiger partial charge in [-0.1, -0.05) is 18.2 Å². The standard InChI is InChI=1S/C16H18O3/c1-11(2)18-16-7-5-4-6-13(16)10-14-8-9-15(19-14)12(3)17/h4-9,11H,10H2,1-3H3. The van der Waals surface area contributed by atoms with E-state index in [0.29, 0.717) is 12.2 Å². The van der Waals surface area contributed by atoms with E-state index >= 15 is 0 Å². The first-order valence-corrected chi connectivity index (χ1v) is 6.40. The van der Waals surface area contributed by atoms with Crippen LogP contribution in [0, 0.1) is 0 Å². The van der Waals surface area contributed by atoms with Crippen molar-refractivity contribution in [1.29, 1.82) is 0 Å². The van der Waals surface area contributed by atoms with E-state index in [9.17, 15) is 4.79 Å². The largest absolute Gasteiger partial charge is 0.491 e. The summed E-state index contributed by atoms with van der Waals surface area (Å²) in [6.07, 6.45) is 0.751. The molecule has 2 aromatic rings. The molecule has 0 saturated heterocycles. The minimum Gasteiger partial charge on any atom is -0.491 e. The SMILES string of the molecule is CC(=O)c1ccc(Cc2ccccc2OC(C)C)o1. The van der Waals surface area contributed by atoms with Crippen LogP contribution in [0.25, 0.3) is 0 Å². The molecule has 0 spiro atoms. The summed E-state index contributed by atoms with van der Waals surface area (Å²) in [6.45, 7) is 5.49. The zero-order chi connectivity index (χ0) is 13.8. The molecule has 0 aliphatic carbocycles. The summed E-state index contributed by atoms with van der Waals surface area (Å²) in [5.74, 6) is 1.97. The topological polar surface area (TPSA) is 39.4 Å². The van der Waals surface area contributed by atoms with Crippen LogP contribution in [0.5, 0.6) is 5.75 Å². The Morgan fingerprint density at radius 2 is 1.95 bits per heavy atom. The zero-order valence-electron chi connectivity index (χ0n) is 11.5. The first-order chi connectivity index (χ1) is 9.06. The van der Waals surface area contributed by atoms with Crippen molar-refractivity contribution in [1.82, 2.24) is 0 Å². The van der Waals surface area contributed by atoms with E-state index in [2.05, 4.69) is 0 Å². The Kier molecular flexibility index (Phi) is 4.05. The first kappa shape index (κ1) is 13.4. The maximum atomic E-state index is 11.2. The number of hydrogen-bond donors (Lipinski definition) is 0. The molecule has 0 aliphatic rings. The van der Waals surface area contributed by atoms with Crippen molar-refractivity contribution in [3.8, 4) is 5.75 Å². The third-order valence-corrected chi connectivity index (χ3v) is 2.71. The molecule has 0 aliphatic heterocycles. The number of benzene rings is 1. The van der Waals surface area contributed by atoms with E-state index in [0.717, 1.165) is 17.1 Å². The highest BCUT2D eigenvalue weighted by Crippen LogP contribution is 2.23. The van der Waals surface area contributed by atoms with Gasteiger partial charge < -0.3 is 9.15 Å². The number of ether oxygens (including phenoxy) is 1. The lowest BCUT2D eigenvalue weighted by Crippen LogP contribution is -2.07. The number of para-hydroxylation sites is 1. The number of ketones is 1. The molecule has 0 radical (unpaired) electrons. The lowest BCUT2D eigenvalue weighted by atomic mass is 10.1. The van der Waals surface area contributed by atoms with Crippen LogP contribution in [0.3, 0.4) is 0 Å². The van der Waals surface area contributed by atoms with Gasteiger partial charge in [0.2, 0.25) is 0 Å². The molecule has 2 rings (SSSR count). The third kappa shape index (κ3) is 3.47. The highest BCUT2D eigenvalue weighted by molar-refractivity contribution is 5.91. The maximum absolute atomic E-state index is 11.2. The van der Waals surface area contributed by atoms with Gasteiger partial charge in [-0.25, -0.2) is 0 Å². The fraction of sp³-hybridized carbons (Fsp3) is 0.312. The predicted molar refractivity (Wildman–Crippen MR) is 73.7 cm³/mol. The molecule has 0 bridgehead atoms. The van der Waals surface area contributed by atoms with Crippen LogP contribution in [-0.2, 0) is 6.42 Å². The Morgan fingerprint density at radius 1 is 1.21 bits per heavy atom. The van der Waals surface area contributed by atoms with E-state index in [1.165, 1.54) is 6.92 Å². The van der Waals surface area contributed by atoms with E-state index in [1.807, 2.05) is 44.2 Å². The lowest BCUT2D eigenvalue weighted by molar-refractivity contribution is 0.0985. The molecule has 0 unspecified atom stereocenters. The normalized spacial score (nSPS) is 10.7. The van der Waals surface area contributed by atoms with E-state index < -0.39 is 0 Å². The average Bonchev–Trinajstić information content (AvgIpc) is 2.80. The van der Waals surface area contributed by atoms with E-state index in [4.69, 9.17) is 9.15 Å². The summed E-state index contributed by atoms with van der Waals surface area (Å²) in [5.41, 5.74) is 1.06. The second kappa shape index (κ2) is 5.74. The Hall–Kier alpha value is -2.03. The minimum atomic E-state index is -0.0574. The fourth-order valence-corrected chi connectivity index (χ4v) is 1.87. The summed E-state index contributed by atoms with van der Waals surface area (Å²) < 4.78 is 11.3. The zero-order valence-corrected chi connectivity index (χ0v) is 11.5. The maximum Gasteiger partial charge on any atom is 0.194 e. The molecule has 100 valence electrons. The first-order valence-electron chi connectivity index (χ1n) is 6.40. The summed E-state index contributed by atoms with van der Waals surface area (Å²) in [6, 6.07) is 11.4. The van der Waals surface area contributed by atoms with Crippen molar-refractivity contribution < 1.29 is 13.9 Å². The van der Waals surface area contributed by atoms with Crippen molar-refractivity contribution >= 4 is 5.78 Å². The second-order valence-corrected chi connectivity index (χ2v) is 4.77. The molecular weight excluding hydrogens is 240 g/mol. The Morgan fingerprint density at radius 3 is 2.58 bits per heavy atom. The number of carbonyl (C=O) groups excluding carboxylic acids is 1. The molecule has 1 aromatic heterocycles. The van der Waals surface area contributed by atoms with Crippen LogP contribution in [0.15, 0.2) is 40.8 Å². The molecule has 1 aromatic carbocycles. The monoisotopic (exact) mass is 258 g/mol. The Labute approximate surface area is 113 Å². The summed E-state index contributed by atoms with van der Waals surface area (Å²) >= 11 is 0. The highest BCUT2D eigenvalue weighted by Gasteiger charge is 2.10. The molecule has 0 amide bonds. The molecule has 1 heterocycles. The number of Topliss-reactive ketones (excluding diaryl/α,β-unsaturated/α-hetero) is 1. The van der Waals surface area contributed by atoms with Crippen LogP contribution in [0.4, 0.5) is 0 Å². The van der Waals surface area contributed by atoms with Crippen molar-refractivity contribution in [2.45, 2.75) is 33.3 Å². The van der Waals surface area contributed by atoms with Crippen molar-refractivity contribution in [2.24, 2.45) is 0 Å². The van der Waals surface area contributed by atoms with Crippen molar-refractivity contribution in [2.75, 3.05) is 0 Å². The van der Waals surface area contributed by atoms with Gasteiger partial charge in [0, 0.05) is 18.9 Å². The summed E-state index contributed by atoms with van der Waals surface area (Å²) in [5, 5.41) is 0. The molecule has 0 atom stereocenters. The second-order valence-electron chi connectivity index (χ2n) is 4.77. The van der Waals surface area contributed by atoms with Crippen LogP contribution in [0.2, 0.25) is 0 Å². The van der Waals surface area contributed by atoms with Crippen LogP contribution < -0.4 is 4.74 Å². The quantitative estimate of drug-likeness (QED) is 0.764. The van der Waals surface area contributed by atoms with Crippen LogP contribution in [-0.4, -0.2) is 11.9 Å². The van der Waals surface area contributed by atoms with Crippen LogP contribution >= 0.6 is 0 Å². The van der Waals surface area contributed by atoms with Gasteiger partial charge in [-0.15, -0.1) is 0 Å². The molecule has 3 nitrogen and oxygen atoms in total.